The van der Waals surface area contributed by atoms with Gasteiger partial charge < -0.3 is 15.7 Å². The van der Waals surface area contributed by atoms with Crippen LogP contribution in [0, 0.1) is 12.3 Å². The summed E-state index contributed by atoms with van der Waals surface area (Å²) in [6, 6.07) is 5.47. The van der Waals surface area contributed by atoms with E-state index in [1.54, 1.807) is 0 Å². The van der Waals surface area contributed by atoms with Crippen molar-refractivity contribution < 1.29 is 9.90 Å². The number of carbonyl (C=O) groups is 1. The molecule has 0 saturated carbocycles. The number of carbonyl (C=O) groups excluding carboxylic acids is 1. The molecule has 106 valence electrons. The second-order valence-electron chi connectivity index (χ2n) is 5.40. The Hall–Kier alpha value is -1.07. The van der Waals surface area contributed by atoms with Crippen molar-refractivity contribution in [3.8, 4) is 0 Å². The average Bonchev–Trinajstić information content (AvgIpc) is 2.30. The smallest absolute Gasteiger partial charge is 0.319 e. The first-order valence-electron chi connectivity index (χ1n) is 6.26. The predicted octanol–water partition coefficient (Wildman–Crippen LogP) is 3.29. The van der Waals surface area contributed by atoms with Gasteiger partial charge in [-0.25, -0.2) is 4.79 Å². The van der Waals surface area contributed by atoms with Crippen LogP contribution in [0.5, 0.6) is 0 Å². The van der Waals surface area contributed by atoms with Crippen molar-refractivity contribution in [1.82, 2.24) is 5.32 Å². The number of urea groups is 1. The minimum atomic E-state index is -0.226. The van der Waals surface area contributed by atoms with Crippen molar-refractivity contribution in [2.75, 3.05) is 18.5 Å². The number of halogens is 1. The van der Waals surface area contributed by atoms with Gasteiger partial charge in [0, 0.05) is 23.3 Å². The molecule has 0 heterocycles. The number of aryl methyl sites for hydroxylation is 1. The molecule has 0 spiro atoms. The molecule has 0 aliphatic rings. The molecule has 4 nitrogen and oxygen atoms in total. The molecule has 0 bridgehead atoms. The lowest BCUT2D eigenvalue weighted by Gasteiger charge is -2.24. The monoisotopic (exact) mass is 328 g/mol. The first-order valence-corrected chi connectivity index (χ1v) is 7.05. The van der Waals surface area contributed by atoms with Gasteiger partial charge in [0.1, 0.15) is 0 Å². The molecule has 0 aliphatic heterocycles. The summed E-state index contributed by atoms with van der Waals surface area (Å²) in [6.07, 6.45) is 0.657. The highest BCUT2D eigenvalue weighted by atomic mass is 79.9. The van der Waals surface area contributed by atoms with Crippen LogP contribution in [-0.2, 0) is 0 Å². The van der Waals surface area contributed by atoms with E-state index in [0.717, 1.165) is 15.7 Å². The van der Waals surface area contributed by atoms with Crippen LogP contribution in [0.15, 0.2) is 22.7 Å². The van der Waals surface area contributed by atoms with Gasteiger partial charge in [-0.15, -0.1) is 0 Å². The predicted molar refractivity (Wildman–Crippen MR) is 81.4 cm³/mol. The van der Waals surface area contributed by atoms with Crippen LogP contribution in [0.25, 0.3) is 0 Å². The fourth-order valence-corrected chi connectivity index (χ4v) is 2.12. The lowest BCUT2D eigenvalue weighted by molar-refractivity contribution is 0.204. The van der Waals surface area contributed by atoms with Crippen molar-refractivity contribution in [2.45, 2.75) is 27.2 Å². The highest BCUT2D eigenvalue weighted by molar-refractivity contribution is 9.10. The number of rotatable bonds is 5. The lowest BCUT2D eigenvalue weighted by Crippen LogP contribution is -2.37. The SMILES string of the molecule is Cc1cc(Br)ccc1NC(=O)NCC(C)(C)CCO. The second-order valence-corrected chi connectivity index (χ2v) is 6.32. The standard InChI is InChI=1S/C14H21BrN2O2/c1-10-8-11(15)4-5-12(10)17-13(19)16-9-14(2,3)6-7-18/h4-5,8,18H,6-7,9H2,1-3H3,(H2,16,17,19). The number of aliphatic hydroxyl groups excluding tert-OH is 1. The number of benzene rings is 1. The van der Waals surface area contributed by atoms with Crippen LogP contribution < -0.4 is 10.6 Å². The van der Waals surface area contributed by atoms with E-state index in [0.29, 0.717) is 13.0 Å². The Bertz CT molecular complexity index is 447. The molecule has 0 atom stereocenters. The summed E-state index contributed by atoms with van der Waals surface area (Å²) in [5.41, 5.74) is 1.68. The van der Waals surface area contributed by atoms with Crippen molar-refractivity contribution in [3.63, 3.8) is 0 Å². The number of nitrogens with one attached hydrogen (secondary N) is 2. The summed E-state index contributed by atoms with van der Waals surface area (Å²) in [6.45, 7) is 6.61. The van der Waals surface area contributed by atoms with Crippen LogP contribution in [0.3, 0.4) is 0 Å². The van der Waals surface area contributed by atoms with Crippen LogP contribution in [0.1, 0.15) is 25.8 Å². The molecule has 0 radical (unpaired) electrons. The molecule has 5 heteroatoms. The molecule has 2 amide bonds. The fourth-order valence-electron chi connectivity index (χ4n) is 1.64. The average molecular weight is 329 g/mol. The van der Waals surface area contributed by atoms with Gasteiger partial charge in [0.15, 0.2) is 0 Å². The topological polar surface area (TPSA) is 61.4 Å². The highest BCUT2D eigenvalue weighted by Gasteiger charge is 2.18. The van der Waals surface area contributed by atoms with Gasteiger partial charge in [0.2, 0.25) is 0 Å². The molecule has 3 N–H and O–H groups in total. The van der Waals surface area contributed by atoms with Crippen LogP contribution in [0.2, 0.25) is 0 Å². The van der Waals surface area contributed by atoms with Gasteiger partial charge in [0.25, 0.3) is 0 Å². The zero-order valence-electron chi connectivity index (χ0n) is 11.6. The van der Waals surface area contributed by atoms with Gasteiger partial charge in [-0.1, -0.05) is 29.8 Å². The zero-order chi connectivity index (χ0) is 14.5. The molecule has 0 saturated heterocycles. The molecular formula is C14H21BrN2O2. The third-order valence-electron chi connectivity index (χ3n) is 2.95. The van der Waals surface area contributed by atoms with Crippen molar-refractivity contribution in [2.24, 2.45) is 5.41 Å². The third kappa shape index (κ3) is 5.61. The molecule has 0 unspecified atom stereocenters. The van der Waals surface area contributed by atoms with Crippen molar-refractivity contribution in [3.05, 3.63) is 28.2 Å². The van der Waals surface area contributed by atoms with E-state index in [1.807, 2.05) is 39.0 Å². The van der Waals surface area contributed by atoms with E-state index in [9.17, 15) is 4.79 Å². The Morgan fingerprint density at radius 3 is 2.68 bits per heavy atom. The summed E-state index contributed by atoms with van der Waals surface area (Å²) < 4.78 is 0.986. The van der Waals surface area contributed by atoms with Crippen LogP contribution in [0.4, 0.5) is 10.5 Å². The molecule has 0 aliphatic carbocycles. The van der Waals surface area contributed by atoms with Gasteiger partial charge in [0.05, 0.1) is 0 Å². The lowest BCUT2D eigenvalue weighted by atomic mass is 9.90. The summed E-state index contributed by atoms with van der Waals surface area (Å²) in [5.74, 6) is 0. The van der Waals surface area contributed by atoms with E-state index >= 15 is 0 Å². The Kier molecular flexibility index (Phi) is 5.82. The van der Waals surface area contributed by atoms with Crippen molar-refractivity contribution in [1.29, 1.82) is 0 Å². The largest absolute Gasteiger partial charge is 0.396 e. The summed E-state index contributed by atoms with van der Waals surface area (Å²) in [4.78, 5) is 11.8. The molecule has 0 fully saturated rings. The normalized spacial score (nSPS) is 11.2. The number of hydrogen-bond donors (Lipinski definition) is 3. The van der Waals surface area contributed by atoms with Gasteiger partial charge in [-0.2, -0.15) is 0 Å². The number of aliphatic hydroxyl groups is 1. The molecule has 0 aromatic heterocycles. The molecular weight excluding hydrogens is 308 g/mol. The zero-order valence-corrected chi connectivity index (χ0v) is 13.2. The van der Waals surface area contributed by atoms with E-state index < -0.39 is 0 Å². The minimum absolute atomic E-state index is 0.110. The van der Waals surface area contributed by atoms with E-state index in [-0.39, 0.29) is 18.1 Å². The second kappa shape index (κ2) is 6.91. The van der Waals surface area contributed by atoms with E-state index in [1.165, 1.54) is 0 Å². The number of hydrogen-bond acceptors (Lipinski definition) is 2. The molecule has 1 rings (SSSR count). The molecule has 1 aromatic rings. The van der Waals surface area contributed by atoms with E-state index in [4.69, 9.17) is 5.11 Å². The van der Waals surface area contributed by atoms with Crippen molar-refractivity contribution >= 4 is 27.6 Å². The van der Waals surface area contributed by atoms with Gasteiger partial charge >= 0.3 is 6.03 Å². The van der Waals surface area contributed by atoms with Crippen LogP contribution in [-0.4, -0.2) is 24.3 Å². The Morgan fingerprint density at radius 2 is 2.11 bits per heavy atom. The maximum atomic E-state index is 11.8. The first kappa shape index (κ1) is 16.0. The summed E-state index contributed by atoms with van der Waals surface area (Å²) >= 11 is 3.38. The Balaban J connectivity index is 2.52. The summed E-state index contributed by atoms with van der Waals surface area (Å²) in [7, 11) is 0. The highest BCUT2D eigenvalue weighted by Crippen LogP contribution is 2.20. The quantitative estimate of drug-likeness (QED) is 0.776. The molecule has 19 heavy (non-hydrogen) atoms. The Labute approximate surface area is 122 Å². The van der Waals surface area contributed by atoms with Gasteiger partial charge in [-0.05, 0) is 42.5 Å². The van der Waals surface area contributed by atoms with E-state index in [2.05, 4.69) is 26.6 Å². The summed E-state index contributed by atoms with van der Waals surface area (Å²) in [5, 5.41) is 14.6. The minimum Gasteiger partial charge on any atom is -0.396 e. The third-order valence-corrected chi connectivity index (χ3v) is 3.45. The first-order chi connectivity index (χ1) is 8.84. The number of amides is 2. The Morgan fingerprint density at radius 1 is 1.42 bits per heavy atom. The number of anilines is 1. The van der Waals surface area contributed by atoms with Crippen LogP contribution >= 0.6 is 15.9 Å². The maximum Gasteiger partial charge on any atom is 0.319 e. The maximum absolute atomic E-state index is 11.8. The molecule has 1 aromatic carbocycles. The fraction of sp³-hybridized carbons (Fsp3) is 0.500. The van der Waals surface area contributed by atoms with Gasteiger partial charge in [-0.3, -0.25) is 0 Å².